The molecule has 0 fully saturated rings. The minimum absolute atomic E-state index is 0.0340. The Morgan fingerprint density at radius 3 is 2.81 bits per heavy atom. The number of hydrogen-bond donors (Lipinski definition) is 3. The smallest absolute Gasteiger partial charge is 0.257 e. The molecule has 0 aliphatic rings. The van der Waals surface area contributed by atoms with Crippen molar-refractivity contribution in [1.29, 1.82) is 5.26 Å². The number of nitrogens with zero attached hydrogens (tertiary/aromatic N) is 2. The van der Waals surface area contributed by atoms with Crippen molar-refractivity contribution in [3.63, 3.8) is 0 Å². The summed E-state index contributed by atoms with van der Waals surface area (Å²) in [5, 5.41) is 13.6. The molecule has 8 heteroatoms. The zero-order valence-corrected chi connectivity index (χ0v) is 14.4. The molecule has 0 atom stereocenters. The first-order chi connectivity index (χ1) is 13.1. The molecule has 0 unspecified atom stereocenters. The summed E-state index contributed by atoms with van der Waals surface area (Å²) in [6.07, 6.45) is 3.35. The minimum atomic E-state index is -0.586. The summed E-state index contributed by atoms with van der Waals surface area (Å²) < 4.78 is 14.2. The van der Waals surface area contributed by atoms with Gasteiger partial charge in [0.15, 0.2) is 0 Å². The number of aromatic nitrogens is 3. The summed E-state index contributed by atoms with van der Waals surface area (Å²) in [7, 11) is 0. The van der Waals surface area contributed by atoms with Crippen molar-refractivity contribution in [2.45, 2.75) is 0 Å². The number of benzene rings is 1. The van der Waals surface area contributed by atoms with Gasteiger partial charge in [-0.1, -0.05) is 11.6 Å². The highest BCUT2D eigenvalue weighted by Crippen LogP contribution is 2.29. The van der Waals surface area contributed by atoms with Gasteiger partial charge in [0.2, 0.25) is 0 Å². The molecule has 0 saturated heterocycles. The lowest BCUT2D eigenvalue weighted by Gasteiger charge is -2.11. The maximum Gasteiger partial charge on any atom is 0.257 e. The summed E-state index contributed by atoms with van der Waals surface area (Å²) in [5.41, 5.74) is 1.26. The van der Waals surface area contributed by atoms with Crippen molar-refractivity contribution in [2.24, 2.45) is 0 Å². The lowest BCUT2D eigenvalue weighted by Crippen LogP contribution is -2.13. The van der Waals surface area contributed by atoms with Crippen LogP contribution in [0, 0.1) is 17.1 Å². The van der Waals surface area contributed by atoms with E-state index in [4.69, 9.17) is 11.6 Å². The maximum absolute atomic E-state index is 14.2. The molecule has 1 aromatic carbocycles. The molecule has 3 aromatic heterocycles. The Kier molecular flexibility index (Phi) is 4.11. The van der Waals surface area contributed by atoms with Gasteiger partial charge < -0.3 is 15.3 Å². The van der Waals surface area contributed by atoms with E-state index in [1.54, 1.807) is 18.5 Å². The predicted molar refractivity (Wildman–Crippen MR) is 102 cm³/mol. The molecule has 4 aromatic rings. The van der Waals surface area contributed by atoms with E-state index in [9.17, 15) is 14.4 Å². The number of fused-ring (bicyclic) bond motifs is 1. The van der Waals surface area contributed by atoms with Crippen LogP contribution in [0.15, 0.2) is 53.6 Å². The molecule has 3 heterocycles. The average Bonchev–Trinajstić information content (AvgIpc) is 3.15. The van der Waals surface area contributed by atoms with Gasteiger partial charge in [-0.05, 0) is 36.4 Å². The number of nitriles is 1. The summed E-state index contributed by atoms with van der Waals surface area (Å²) in [4.78, 5) is 22.1. The minimum Gasteiger partial charge on any atom is -0.353 e. The van der Waals surface area contributed by atoms with Gasteiger partial charge in [0.1, 0.15) is 23.2 Å². The van der Waals surface area contributed by atoms with Crippen molar-refractivity contribution in [3.05, 3.63) is 75.7 Å². The highest BCUT2D eigenvalue weighted by Gasteiger charge is 2.15. The van der Waals surface area contributed by atoms with Crippen LogP contribution in [0.25, 0.3) is 22.2 Å². The molecule has 6 nitrogen and oxygen atoms in total. The van der Waals surface area contributed by atoms with Crippen LogP contribution in [-0.4, -0.2) is 15.0 Å². The number of rotatable bonds is 3. The monoisotopic (exact) mass is 379 g/mol. The van der Waals surface area contributed by atoms with Gasteiger partial charge in [-0.2, -0.15) is 5.26 Å². The number of aromatic amines is 2. The number of nitrogens with one attached hydrogen (secondary N) is 3. The van der Waals surface area contributed by atoms with Crippen molar-refractivity contribution >= 4 is 34.0 Å². The van der Waals surface area contributed by atoms with Gasteiger partial charge in [0, 0.05) is 28.4 Å². The van der Waals surface area contributed by atoms with Crippen molar-refractivity contribution in [3.8, 4) is 17.2 Å². The molecule has 0 spiro atoms. The van der Waals surface area contributed by atoms with Crippen LogP contribution in [0.2, 0.25) is 5.02 Å². The third-order valence-corrected chi connectivity index (χ3v) is 4.34. The Bertz CT molecular complexity index is 1270. The van der Waals surface area contributed by atoms with Crippen molar-refractivity contribution in [2.75, 3.05) is 5.32 Å². The second kappa shape index (κ2) is 6.59. The number of hydrogen-bond acceptors (Lipinski definition) is 4. The molecule has 0 aliphatic carbocycles. The molecular weight excluding hydrogens is 369 g/mol. The van der Waals surface area contributed by atoms with Crippen molar-refractivity contribution in [1.82, 2.24) is 15.0 Å². The lowest BCUT2D eigenvalue weighted by molar-refractivity contribution is 0.631. The quantitative estimate of drug-likeness (QED) is 0.493. The molecular formula is C19H11ClFN5O. The van der Waals surface area contributed by atoms with Gasteiger partial charge in [-0.3, -0.25) is 4.79 Å². The Morgan fingerprint density at radius 2 is 2.00 bits per heavy atom. The highest BCUT2D eigenvalue weighted by atomic mass is 35.5. The van der Waals surface area contributed by atoms with E-state index < -0.39 is 11.4 Å². The van der Waals surface area contributed by atoms with Crippen molar-refractivity contribution < 1.29 is 4.39 Å². The van der Waals surface area contributed by atoms with Crippen LogP contribution in [0.5, 0.6) is 0 Å². The number of anilines is 2. The van der Waals surface area contributed by atoms with Gasteiger partial charge >= 0.3 is 0 Å². The molecule has 0 radical (unpaired) electrons. The van der Waals surface area contributed by atoms with Crippen LogP contribution in [-0.2, 0) is 0 Å². The normalized spacial score (nSPS) is 10.7. The molecule has 0 saturated carbocycles. The molecule has 27 heavy (non-hydrogen) atoms. The van der Waals surface area contributed by atoms with Gasteiger partial charge in [-0.15, -0.1) is 0 Å². The zero-order valence-electron chi connectivity index (χ0n) is 13.7. The molecule has 4 rings (SSSR count). The van der Waals surface area contributed by atoms with E-state index in [1.165, 1.54) is 24.3 Å². The number of halogens is 2. The second-order valence-corrected chi connectivity index (χ2v) is 6.20. The Hall–Kier alpha value is -3.63. The van der Waals surface area contributed by atoms with Crippen LogP contribution in [0.3, 0.4) is 0 Å². The molecule has 0 amide bonds. The number of H-pyrrole nitrogens is 2. The SMILES string of the molecule is N#Cc1[nH]c(=O)c(-c2cc(Cl)ccc2F)cc1Nc1ccnc2[nH]ccc12. The first-order valence-electron chi connectivity index (χ1n) is 7.89. The Labute approximate surface area is 157 Å². The molecule has 0 bridgehead atoms. The first-order valence-corrected chi connectivity index (χ1v) is 8.26. The fourth-order valence-electron chi connectivity index (χ4n) is 2.84. The average molecular weight is 380 g/mol. The fourth-order valence-corrected chi connectivity index (χ4v) is 3.01. The van der Waals surface area contributed by atoms with E-state index in [2.05, 4.69) is 20.3 Å². The maximum atomic E-state index is 14.2. The Morgan fingerprint density at radius 1 is 1.15 bits per heavy atom. The van der Waals surface area contributed by atoms with Crippen LogP contribution < -0.4 is 10.9 Å². The van der Waals surface area contributed by atoms with E-state index in [-0.39, 0.29) is 16.8 Å². The zero-order chi connectivity index (χ0) is 19.0. The third-order valence-electron chi connectivity index (χ3n) is 4.10. The lowest BCUT2D eigenvalue weighted by atomic mass is 10.1. The topological polar surface area (TPSA) is 97.4 Å². The van der Waals surface area contributed by atoms with E-state index in [0.717, 1.165) is 5.39 Å². The highest BCUT2D eigenvalue weighted by molar-refractivity contribution is 6.30. The van der Waals surface area contributed by atoms with E-state index >= 15 is 0 Å². The van der Waals surface area contributed by atoms with E-state index in [1.807, 2.05) is 12.1 Å². The summed E-state index contributed by atoms with van der Waals surface area (Å²) in [6, 6.07) is 10.9. The van der Waals surface area contributed by atoms with E-state index in [0.29, 0.717) is 22.0 Å². The summed E-state index contributed by atoms with van der Waals surface area (Å²) >= 11 is 5.94. The molecule has 0 aliphatic heterocycles. The van der Waals surface area contributed by atoms with Crippen LogP contribution in [0.4, 0.5) is 15.8 Å². The van der Waals surface area contributed by atoms with Crippen LogP contribution >= 0.6 is 11.6 Å². The molecule has 3 N–H and O–H groups in total. The first kappa shape index (κ1) is 16.8. The standard InChI is InChI=1S/C19H11ClFN5O/c20-10-1-2-14(21)12(7-10)13-8-16(17(9-22)26-19(13)27)25-15-4-6-24-18-11(15)3-5-23-18/h1-8H,(H,26,27)(H2,23,24,25). The third kappa shape index (κ3) is 3.03. The number of pyridine rings is 2. The predicted octanol–water partition coefficient (Wildman–Crippen LogP) is 4.33. The van der Waals surface area contributed by atoms with Gasteiger partial charge in [0.05, 0.1) is 16.9 Å². The second-order valence-electron chi connectivity index (χ2n) is 5.76. The largest absolute Gasteiger partial charge is 0.353 e. The Balaban J connectivity index is 1.88. The fraction of sp³-hybridized carbons (Fsp3) is 0. The van der Waals surface area contributed by atoms with Crippen LogP contribution in [0.1, 0.15) is 5.69 Å². The summed E-state index contributed by atoms with van der Waals surface area (Å²) in [6.45, 7) is 0. The van der Waals surface area contributed by atoms with Gasteiger partial charge in [0.25, 0.3) is 5.56 Å². The van der Waals surface area contributed by atoms with Gasteiger partial charge in [-0.25, -0.2) is 9.37 Å². The summed E-state index contributed by atoms with van der Waals surface area (Å²) in [5.74, 6) is -0.586. The molecule has 132 valence electrons.